The highest BCUT2D eigenvalue weighted by Crippen LogP contribution is 2.36. The van der Waals surface area contributed by atoms with Gasteiger partial charge in [-0.25, -0.2) is 0 Å². The van der Waals surface area contributed by atoms with Gasteiger partial charge < -0.3 is 10.6 Å². The van der Waals surface area contributed by atoms with Gasteiger partial charge in [0, 0.05) is 25.3 Å². The van der Waals surface area contributed by atoms with E-state index in [1.807, 2.05) is 0 Å². The molecule has 0 aromatic heterocycles. The highest BCUT2D eigenvalue weighted by Gasteiger charge is 2.30. The molecule has 0 bridgehead atoms. The van der Waals surface area contributed by atoms with Crippen LogP contribution < -0.4 is 10.6 Å². The van der Waals surface area contributed by atoms with Crippen molar-refractivity contribution in [1.82, 2.24) is 0 Å². The number of rotatable bonds is 4. The molecule has 1 atom stereocenters. The summed E-state index contributed by atoms with van der Waals surface area (Å²) in [6.45, 7) is 2.94. The van der Waals surface area contributed by atoms with Gasteiger partial charge in [0.1, 0.15) is 0 Å². The van der Waals surface area contributed by atoms with E-state index in [4.69, 9.17) is 5.73 Å². The Morgan fingerprint density at radius 2 is 2.20 bits per heavy atom. The summed E-state index contributed by atoms with van der Waals surface area (Å²) in [6.07, 6.45) is 2.78. The third-order valence-corrected chi connectivity index (χ3v) is 3.47. The molecule has 15 heavy (non-hydrogen) atoms. The molecule has 1 aromatic rings. The molecule has 0 aliphatic heterocycles. The zero-order valence-electron chi connectivity index (χ0n) is 9.61. The van der Waals surface area contributed by atoms with Crippen LogP contribution in [0.4, 0.5) is 5.69 Å². The van der Waals surface area contributed by atoms with Gasteiger partial charge in [0.2, 0.25) is 0 Å². The zero-order chi connectivity index (χ0) is 10.8. The molecule has 0 spiro atoms. The van der Waals surface area contributed by atoms with E-state index in [1.165, 1.54) is 24.1 Å². The lowest BCUT2D eigenvalue weighted by Gasteiger charge is -2.27. The Kier molecular flexibility index (Phi) is 2.96. The summed E-state index contributed by atoms with van der Waals surface area (Å²) in [5.74, 6) is 0.900. The largest absolute Gasteiger partial charge is 0.372 e. The van der Waals surface area contributed by atoms with Gasteiger partial charge in [-0.1, -0.05) is 12.1 Å². The Balaban J connectivity index is 2.12. The molecule has 2 heteroatoms. The molecule has 82 valence electrons. The normalized spacial score (nSPS) is 17.5. The van der Waals surface area contributed by atoms with Gasteiger partial charge in [0.05, 0.1) is 0 Å². The Hall–Kier alpha value is -1.02. The average molecular weight is 204 g/mol. The van der Waals surface area contributed by atoms with Crippen molar-refractivity contribution in [2.24, 2.45) is 11.7 Å². The predicted molar refractivity (Wildman–Crippen MR) is 64.9 cm³/mol. The van der Waals surface area contributed by atoms with Crippen molar-refractivity contribution in [2.75, 3.05) is 11.9 Å². The van der Waals surface area contributed by atoms with Crippen molar-refractivity contribution >= 4 is 5.69 Å². The fraction of sp³-hybridized carbons (Fsp3) is 0.538. The van der Waals surface area contributed by atoms with E-state index < -0.39 is 0 Å². The molecule has 1 fully saturated rings. The zero-order valence-corrected chi connectivity index (χ0v) is 9.61. The van der Waals surface area contributed by atoms with Crippen molar-refractivity contribution in [3.8, 4) is 0 Å². The lowest BCUT2D eigenvalue weighted by molar-refractivity contribution is 0.609. The maximum atomic E-state index is 5.65. The first-order valence-electron chi connectivity index (χ1n) is 5.74. The minimum absolute atomic E-state index is 0.624. The minimum atomic E-state index is 0.624. The number of anilines is 1. The summed E-state index contributed by atoms with van der Waals surface area (Å²) in [7, 11) is 2.18. The van der Waals surface area contributed by atoms with E-state index in [1.54, 1.807) is 0 Å². The van der Waals surface area contributed by atoms with Crippen molar-refractivity contribution in [3.63, 3.8) is 0 Å². The average Bonchev–Trinajstić information content (AvgIpc) is 3.11. The van der Waals surface area contributed by atoms with Crippen molar-refractivity contribution in [3.05, 3.63) is 29.8 Å². The van der Waals surface area contributed by atoms with Crippen LogP contribution in [0.3, 0.4) is 0 Å². The Bertz CT molecular complexity index is 331. The number of nitrogens with two attached hydrogens (primary N) is 1. The molecule has 0 amide bonds. The second-order valence-electron chi connectivity index (χ2n) is 4.56. The molecular formula is C13H20N2. The summed E-state index contributed by atoms with van der Waals surface area (Å²) in [5, 5.41) is 0. The highest BCUT2D eigenvalue weighted by molar-refractivity contribution is 5.49. The van der Waals surface area contributed by atoms with E-state index in [-0.39, 0.29) is 0 Å². The topological polar surface area (TPSA) is 29.3 Å². The first-order chi connectivity index (χ1) is 7.22. The van der Waals surface area contributed by atoms with Crippen molar-refractivity contribution in [1.29, 1.82) is 0 Å². The molecule has 2 N–H and O–H groups in total. The van der Waals surface area contributed by atoms with Crippen molar-refractivity contribution < 1.29 is 0 Å². The van der Waals surface area contributed by atoms with Crippen LogP contribution in [0.2, 0.25) is 0 Å². The van der Waals surface area contributed by atoms with Gasteiger partial charge in [-0.2, -0.15) is 0 Å². The maximum absolute atomic E-state index is 5.65. The van der Waals surface area contributed by atoms with Crippen LogP contribution in [0.5, 0.6) is 0 Å². The molecule has 2 rings (SSSR count). The van der Waals surface area contributed by atoms with Crippen molar-refractivity contribution in [2.45, 2.75) is 32.4 Å². The number of hydrogen-bond acceptors (Lipinski definition) is 2. The predicted octanol–water partition coefficient (Wildman–Crippen LogP) is 2.38. The fourth-order valence-electron chi connectivity index (χ4n) is 2.03. The number of hydrogen-bond donors (Lipinski definition) is 1. The Morgan fingerprint density at radius 3 is 2.80 bits per heavy atom. The SMILES string of the molecule is CC(C1CC1)N(C)c1cccc(CN)c1. The van der Waals surface area contributed by atoms with Crippen LogP contribution in [0, 0.1) is 5.92 Å². The molecule has 1 saturated carbocycles. The number of benzene rings is 1. The molecule has 1 aromatic carbocycles. The summed E-state index contributed by atoms with van der Waals surface area (Å²) >= 11 is 0. The first-order valence-corrected chi connectivity index (χ1v) is 5.74. The monoisotopic (exact) mass is 204 g/mol. The second-order valence-corrected chi connectivity index (χ2v) is 4.56. The third-order valence-electron chi connectivity index (χ3n) is 3.47. The van der Waals surface area contributed by atoms with Crippen LogP contribution >= 0.6 is 0 Å². The molecule has 1 unspecified atom stereocenters. The van der Waals surface area contributed by atoms with Gasteiger partial charge in [-0.05, 0) is 43.4 Å². The quantitative estimate of drug-likeness (QED) is 0.816. The lowest BCUT2D eigenvalue weighted by Crippen LogP contribution is -2.30. The van der Waals surface area contributed by atoms with E-state index in [0.717, 1.165) is 5.92 Å². The smallest absolute Gasteiger partial charge is 0.0369 e. The highest BCUT2D eigenvalue weighted by atomic mass is 15.1. The molecule has 0 saturated heterocycles. The van der Waals surface area contributed by atoms with Gasteiger partial charge in [-0.15, -0.1) is 0 Å². The van der Waals surface area contributed by atoms with Crippen LogP contribution in [0.15, 0.2) is 24.3 Å². The minimum Gasteiger partial charge on any atom is -0.372 e. The molecule has 0 heterocycles. The van der Waals surface area contributed by atoms with Gasteiger partial charge in [0.25, 0.3) is 0 Å². The van der Waals surface area contributed by atoms with E-state index in [0.29, 0.717) is 12.6 Å². The lowest BCUT2D eigenvalue weighted by atomic mass is 10.1. The Labute approximate surface area is 92.1 Å². The van der Waals surface area contributed by atoms with E-state index in [9.17, 15) is 0 Å². The Morgan fingerprint density at radius 1 is 1.47 bits per heavy atom. The third kappa shape index (κ3) is 2.32. The molecular weight excluding hydrogens is 184 g/mol. The van der Waals surface area contributed by atoms with Crippen LogP contribution in [-0.2, 0) is 6.54 Å². The summed E-state index contributed by atoms with van der Waals surface area (Å²) in [6, 6.07) is 9.18. The van der Waals surface area contributed by atoms with Crippen LogP contribution in [0.25, 0.3) is 0 Å². The number of nitrogens with zero attached hydrogens (tertiary/aromatic N) is 1. The van der Waals surface area contributed by atoms with E-state index >= 15 is 0 Å². The van der Waals surface area contributed by atoms with Gasteiger partial charge in [-0.3, -0.25) is 0 Å². The molecule has 2 nitrogen and oxygen atoms in total. The maximum Gasteiger partial charge on any atom is 0.0369 e. The van der Waals surface area contributed by atoms with Crippen LogP contribution in [-0.4, -0.2) is 13.1 Å². The fourth-order valence-corrected chi connectivity index (χ4v) is 2.03. The molecule has 0 radical (unpaired) electrons. The first kappa shape index (κ1) is 10.5. The second kappa shape index (κ2) is 4.23. The van der Waals surface area contributed by atoms with E-state index in [2.05, 4.69) is 43.1 Å². The van der Waals surface area contributed by atoms with Crippen LogP contribution in [0.1, 0.15) is 25.3 Å². The summed E-state index contributed by atoms with van der Waals surface area (Å²) < 4.78 is 0. The summed E-state index contributed by atoms with van der Waals surface area (Å²) in [4.78, 5) is 2.37. The summed E-state index contributed by atoms with van der Waals surface area (Å²) in [5.41, 5.74) is 8.15. The molecule has 1 aliphatic rings. The standard InChI is InChI=1S/C13H20N2/c1-10(12-6-7-12)15(2)13-5-3-4-11(8-13)9-14/h3-5,8,10,12H,6-7,9,14H2,1-2H3. The van der Waals surface area contributed by atoms with Gasteiger partial charge >= 0.3 is 0 Å². The van der Waals surface area contributed by atoms with Gasteiger partial charge in [0.15, 0.2) is 0 Å². The molecule has 1 aliphatic carbocycles.